The highest BCUT2D eigenvalue weighted by molar-refractivity contribution is 7.92. The van der Waals surface area contributed by atoms with E-state index in [9.17, 15) is 17.6 Å². The van der Waals surface area contributed by atoms with Crippen LogP contribution in [-0.2, 0) is 16.6 Å². The van der Waals surface area contributed by atoms with Crippen molar-refractivity contribution < 1.29 is 27.1 Å². The Morgan fingerprint density at radius 3 is 2.23 bits per heavy atom. The first-order valence-electron chi connectivity index (χ1n) is 14.1. The third kappa shape index (κ3) is 10.0. The molecule has 1 aliphatic rings. The van der Waals surface area contributed by atoms with Gasteiger partial charge in [0.05, 0.1) is 19.1 Å². The van der Waals surface area contributed by atoms with Crippen molar-refractivity contribution in [1.29, 1.82) is 0 Å². The van der Waals surface area contributed by atoms with Crippen molar-refractivity contribution in [2.75, 3.05) is 42.6 Å². The van der Waals surface area contributed by atoms with E-state index >= 15 is 0 Å². The van der Waals surface area contributed by atoms with Crippen molar-refractivity contribution in [2.24, 2.45) is 0 Å². The van der Waals surface area contributed by atoms with E-state index < -0.39 is 15.8 Å². The van der Waals surface area contributed by atoms with E-state index in [-0.39, 0.29) is 35.9 Å². The predicted octanol–water partition coefficient (Wildman–Crippen LogP) is 6.40. The molecule has 0 atom stereocenters. The van der Waals surface area contributed by atoms with Gasteiger partial charge in [-0.05, 0) is 73.4 Å². The lowest BCUT2D eigenvalue weighted by Gasteiger charge is -2.34. The lowest BCUT2D eigenvalue weighted by atomic mass is 10.0. The number of urea groups is 1. The number of likely N-dealkylation sites (tertiary alicyclic amines) is 1. The highest BCUT2D eigenvalue weighted by Gasteiger charge is 2.26. The molecule has 2 amide bonds. The summed E-state index contributed by atoms with van der Waals surface area (Å²) in [4.78, 5) is 17.1. The van der Waals surface area contributed by atoms with E-state index in [1.54, 1.807) is 42.5 Å². The Bertz CT molecular complexity index is 1430. The van der Waals surface area contributed by atoms with E-state index in [4.69, 9.17) is 9.47 Å². The second-order valence-corrected chi connectivity index (χ2v) is 12.2. The SMILES string of the molecule is CCCCN(C(=O)NC1CCN(Cc2ccc(Oc3ccc(NS(C)(=O)=O)cc3)cc2)CC1)c1cccc(OC)c1F.Cl. The Morgan fingerprint density at radius 1 is 1.02 bits per heavy atom. The molecule has 1 saturated heterocycles. The van der Waals surface area contributed by atoms with Crippen molar-refractivity contribution in [1.82, 2.24) is 10.2 Å². The zero-order chi connectivity index (χ0) is 30.1. The van der Waals surface area contributed by atoms with Gasteiger partial charge in [0.25, 0.3) is 0 Å². The number of benzene rings is 3. The number of carbonyl (C=O) groups is 1. The maximum absolute atomic E-state index is 15.0. The molecule has 0 unspecified atom stereocenters. The van der Waals surface area contributed by atoms with Gasteiger partial charge in [-0.1, -0.05) is 31.5 Å². The minimum atomic E-state index is -3.33. The number of amides is 2. The van der Waals surface area contributed by atoms with Crippen molar-refractivity contribution >= 4 is 39.8 Å². The number of nitrogens with zero attached hydrogens (tertiary/aromatic N) is 2. The number of nitrogens with one attached hydrogen (secondary N) is 2. The summed E-state index contributed by atoms with van der Waals surface area (Å²) in [5, 5.41) is 3.12. The first-order chi connectivity index (χ1) is 20.1. The summed E-state index contributed by atoms with van der Waals surface area (Å²) in [6, 6.07) is 19.2. The molecule has 43 heavy (non-hydrogen) atoms. The highest BCUT2D eigenvalue weighted by Crippen LogP contribution is 2.28. The van der Waals surface area contributed by atoms with Gasteiger partial charge in [0.2, 0.25) is 10.0 Å². The fraction of sp³-hybridized carbons (Fsp3) is 0.387. The molecule has 234 valence electrons. The second kappa shape index (κ2) is 15.8. The Labute approximate surface area is 259 Å². The molecule has 0 aliphatic carbocycles. The van der Waals surface area contributed by atoms with Crippen molar-refractivity contribution in [3.05, 3.63) is 78.1 Å². The van der Waals surface area contributed by atoms with Crippen LogP contribution in [0.25, 0.3) is 0 Å². The summed E-state index contributed by atoms with van der Waals surface area (Å²) in [6.45, 7) is 4.91. The molecule has 3 aromatic rings. The lowest BCUT2D eigenvalue weighted by molar-refractivity contribution is 0.188. The summed E-state index contributed by atoms with van der Waals surface area (Å²) in [7, 11) is -1.91. The van der Waals surface area contributed by atoms with Gasteiger partial charge in [-0.2, -0.15) is 0 Å². The largest absolute Gasteiger partial charge is 0.494 e. The fourth-order valence-corrected chi connectivity index (χ4v) is 5.43. The Morgan fingerprint density at radius 2 is 1.65 bits per heavy atom. The summed E-state index contributed by atoms with van der Waals surface area (Å²) in [5.74, 6) is 0.877. The number of anilines is 2. The first-order valence-corrected chi connectivity index (χ1v) is 16.0. The topological polar surface area (TPSA) is 100 Å². The quantitative estimate of drug-likeness (QED) is 0.239. The highest BCUT2D eigenvalue weighted by atomic mass is 35.5. The van der Waals surface area contributed by atoms with Gasteiger partial charge < -0.3 is 14.8 Å². The molecule has 0 spiro atoms. The van der Waals surface area contributed by atoms with Crippen LogP contribution in [0.3, 0.4) is 0 Å². The molecule has 1 fully saturated rings. The number of piperidine rings is 1. The molecule has 0 saturated carbocycles. The minimum Gasteiger partial charge on any atom is -0.494 e. The van der Waals surface area contributed by atoms with Crippen molar-refractivity contribution in [3.63, 3.8) is 0 Å². The smallest absolute Gasteiger partial charge is 0.322 e. The molecule has 9 nitrogen and oxygen atoms in total. The molecule has 2 N–H and O–H groups in total. The van der Waals surface area contributed by atoms with Gasteiger partial charge >= 0.3 is 6.03 Å². The maximum atomic E-state index is 15.0. The van der Waals surface area contributed by atoms with Crippen LogP contribution in [0, 0.1) is 5.82 Å². The number of methoxy groups -OCH3 is 1. The average molecular weight is 635 g/mol. The zero-order valence-corrected chi connectivity index (χ0v) is 26.3. The third-order valence-electron chi connectivity index (χ3n) is 7.07. The monoisotopic (exact) mass is 634 g/mol. The molecular formula is C31H40ClFN4O5S. The molecule has 0 radical (unpaired) electrons. The van der Waals surface area contributed by atoms with Crippen LogP contribution < -0.4 is 24.4 Å². The van der Waals surface area contributed by atoms with Crippen molar-refractivity contribution in [2.45, 2.75) is 45.2 Å². The Kier molecular flexibility index (Phi) is 12.5. The van der Waals surface area contributed by atoms with Crippen LogP contribution in [0.15, 0.2) is 66.7 Å². The van der Waals surface area contributed by atoms with E-state index in [1.165, 1.54) is 12.0 Å². The number of ether oxygens (including phenoxy) is 2. The van der Waals surface area contributed by atoms with E-state index in [0.717, 1.165) is 57.1 Å². The van der Waals surface area contributed by atoms with Gasteiger partial charge in [-0.15, -0.1) is 12.4 Å². The van der Waals surface area contributed by atoms with Crippen LogP contribution in [0.4, 0.5) is 20.6 Å². The Hall–Kier alpha value is -3.54. The van der Waals surface area contributed by atoms with Crippen LogP contribution in [0.5, 0.6) is 17.2 Å². The molecule has 4 rings (SSSR count). The number of carbonyl (C=O) groups excluding carboxylic acids is 1. The zero-order valence-electron chi connectivity index (χ0n) is 24.7. The van der Waals surface area contributed by atoms with Crippen LogP contribution in [-0.4, -0.2) is 58.4 Å². The number of halogens is 2. The normalized spacial score (nSPS) is 14.0. The van der Waals surface area contributed by atoms with Crippen molar-refractivity contribution in [3.8, 4) is 17.2 Å². The number of unbranched alkanes of at least 4 members (excludes halogenated alkanes) is 1. The maximum Gasteiger partial charge on any atom is 0.322 e. The molecule has 0 aromatic heterocycles. The van der Waals surface area contributed by atoms with Crippen LogP contribution in [0.2, 0.25) is 0 Å². The molecule has 0 bridgehead atoms. The summed E-state index contributed by atoms with van der Waals surface area (Å²) < 4.78 is 51.1. The number of sulfonamides is 1. The first kappa shape index (κ1) is 34.0. The van der Waals surface area contributed by atoms with E-state index in [2.05, 4.69) is 14.9 Å². The van der Waals surface area contributed by atoms with Crippen LogP contribution in [0.1, 0.15) is 38.2 Å². The molecular weight excluding hydrogens is 595 g/mol. The third-order valence-corrected chi connectivity index (χ3v) is 7.68. The second-order valence-electron chi connectivity index (χ2n) is 10.4. The molecule has 12 heteroatoms. The summed E-state index contributed by atoms with van der Waals surface area (Å²) in [5.41, 5.74) is 1.85. The molecule has 3 aromatic carbocycles. The van der Waals surface area contributed by atoms with Gasteiger partial charge in [0.1, 0.15) is 11.5 Å². The standard InChI is InChI=1S/C31H39FN4O5S.ClH/c1-4-5-19-36(28-7-6-8-29(40-2)30(28)32)31(37)33-24-17-20-35(21-18-24)22-23-9-13-26(14-10-23)41-27-15-11-25(12-16-27)34-42(3,38)39;/h6-16,24,34H,4-5,17-22H2,1-3H3,(H,33,37);1H. The number of hydrogen-bond donors (Lipinski definition) is 2. The van der Waals surface area contributed by atoms with E-state index in [1.807, 2.05) is 31.2 Å². The minimum absolute atomic E-state index is 0. The lowest BCUT2D eigenvalue weighted by Crippen LogP contribution is -2.49. The Balaban J connectivity index is 0.00000506. The van der Waals surface area contributed by atoms with E-state index in [0.29, 0.717) is 23.7 Å². The molecule has 1 aliphatic heterocycles. The fourth-order valence-electron chi connectivity index (χ4n) is 4.86. The predicted molar refractivity (Wildman–Crippen MR) is 171 cm³/mol. The summed E-state index contributed by atoms with van der Waals surface area (Å²) >= 11 is 0. The number of rotatable bonds is 12. The summed E-state index contributed by atoms with van der Waals surface area (Å²) in [6.07, 6.45) is 4.37. The van der Waals surface area contributed by atoms with Gasteiger partial charge in [0.15, 0.2) is 11.6 Å². The average Bonchev–Trinajstić information content (AvgIpc) is 2.96. The van der Waals surface area contributed by atoms with Crippen LogP contribution >= 0.6 is 12.4 Å². The van der Waals surface area contributed by atoms with Gasteiger partial charge in [-0.25, -0.2) is 17.6 Å². The van der Waals surface area contributed by atoms with Gasteiger partial charge in [-0.3, -0.25) is 14.5 Å². The molecule has 1 heterocycles. The van der Waals surface area contributed by atoms with Gasteiger partial charge in [0, 0.05) is 37.9 Å². The number of hydrogen-bond acceptors (Lipinski definition) is 6.